The third-order valence-electron chi connectivity index (χ3n) is 2.00. The van der Waals surface area contributed by atoms with Gasteiger partial charge < -0.3 is 5.11 Å². The second-order valence-corrected chi connectivity index (χ2v) is 6.22. The molecule has 0 bridgehead atoms. The molecule has 0 aromatic carbocycles. The lowest BCUT2D eigenvalue weighted by Gasteiger charge is -2.24. The maximum atomic E-state index is 11.3. The minimum atomic E-state index is -3.35. The number of aliphatic hydroxyl groups excluding tert-OH is 1. The molecule has 0 aliphatic carbocycles. The van der Waals surface area contributed by atoms with E-state index in [1.807, 2.05) is 13.8 Å². The standard InChI is InChI=1S/C8H20N2O3S/c1-8(2,5-6-11)7-9-14(12,13)10(3)4/h9,11H,5-7H2,1-4H3. The van der Waals surface area contributed by atoms with E-state index in [0.717, 1.165) is 4.31 Å². The minimum absolute atomic E-state index is 0.0662. The third-order valence-corrected chi connectivity index (χ3v) is 3.47. The van der Waals surface area contributed by atoms with Gasteiger partial charge in [-0.2, -0.15) is 12.7 Å². The Kier molecular flexibility index (Phi) is 5.00. The summed E-state index contributed by atoms with van der Waals surface area (Å²) in [6, 6.07) is 0. The van der Waals surface area contributed by atoms with E-state index in [9.17, 15) is 8.42 Å². The van der Waals surface area contributed by atoms with E-state index in [0.29, 0.717) is 13.0 Å². The third kappa shape index (κ3) is 4.90. The molecule has 0 amide bonds. The molecule has 14 heavy (non-hydrogen) atoms. The summed E-state index contributed by atoms with van der Waals surface area (Å²) < 4.78 is 26.3. The van der Waals surface area contributed by atoms with Crippen LogP contribution in [-0.2, 0) is 10.2 Å². The second kappa shape index (κ2) is 5.06. The lowest BCUT2D eigenvalue weighted by Crippen LogP contribution is -2.41. The first kappa shape index (κ1) is 13.8. The second-order valence-electron chi connectivity index (χ2n) is 4.25. The number of aliphatic hydroxyl groups is 1. The van der Waals surface area contributed by atoms with E-state index < -0.39 is 10.2 Å². The maximum Gasteiger partial charge on any atom is 0.278 e. The number of rotatable bonds is 6. The first-order valence-corrected chi connectivity index (χ1v) is 5.93. The van der Waals surface area contributed by atoms with Gasteiger partial charge in [-0.3, -0.25) is 0 Å². The van der Waals surface area contributed by atoms with Crippen LogP contribution in [0.2, 0.25) is 0 Å². The molecule has 0 atom stereocenters. The Labute approximate surface area is 86.3 Å². The number of hydrogen-bond acceptors (Lipinski definition) is 3. The van der Waals surface area contributed by atoms with Gasteiger partial charge in [0.2, 0.25) is 0 Å². The van der Waals surface area contributed by atoms with Crippen molar-refractivity contribution in [2.45, 2.75) is 20.3 Å². The van der Waals surface area contributed by atoms with Crippen molar-refractivity contribution < 1.29 is 13.5 Å². The lowest BCUT2D eigenvalue weighted by atomic mass is 9.90. The van der Waals surface area contributed by atoms with Crippen molar-refractivity contribution in [2.24, 2.45) is 5.41 Å². The molecular formula is C8H20N2O3S. The topological polar surface area (TPSA) is 69.6 Å². The fourth-order valence-corrected chi connectivity index (χ4v) is 1.64. The van der Waals surface area contributed by atoms with Crippen LogP contribution in [0.5, 0.6) is 0 Å². The lowest BCUT2D eigenvalue weighted by molar-refractivity contribution is 0.212. The zero-order valence-corrected chi connectivity index (χ0v) is 10.1. The van der Waals surface area contributed by atoms with Crippen LogP contribution < -0.4 is 4.72 Å². The maximum absolute atomic E-state index is 11.3. The van der Waals surface area contributed by atoms with Gasteiger partial charge in [-0.05, 0) is 11.8 Å². The van der Waals surface area contributed by atoms with Crippen LogP contribution in [-0.4, -0.2) is 45.1 Å². The molecule has 0 saturated carbocycles. The Morgan fingerprint density at radius 2 is 1.86 bits per heavy atom. The van der Waals surface area contributed by atoms with Gasteiger partial charge in [0.05, 0.1) is 0 Å². The SMILES string of the molecule is CN(C)S(=O)(=O)NCC(C)(C)CCO. The molecule has 0 aromatic heterocycles. The Morgan fingerprint density at radius 1 is 1.36 bits per heavy atom. The van der Waals surface area contributed by atoms with Crippen molar-refractivity contribution in [2.75, 3.05) is 27.2 Å². The Bertz CT molecular complexity index is 260. The molecule has 0 spiro atoms. The highest BCUT2D eigenvalue weighted by Gasteiger charge is 2.21. The molecule has 2 N–H and O–H groups in total. The molecule has 0 heterocycles. The van der Waals surface area contributed by atoms with Crippen molar-refractivity contribution in [1.82, 2.24) is 9.03 Å². The van der Waals surface area contributed by atoms with Crippen LogP contribution >= 0.6 is 0 Å². The molecule has 0 aliphatic heterocycles. The predicted molar refractivity (Wildman–Crippen MR) is 56.1 cm³/mol. The summed E-state index contributed by atoms with van der Waals surface area (Å²) in [5, 5.41) is 8.75. The normalized spacial score (nSPS) is 13.6. The zero-order chi connectivity index (χ0) is 11.4. The largest absolute Gasteiger partial charge is 0.396 e. The molecule has 86 valence electrons. The van der Waals surface area contributed by atoms with Crippen LogP contribution in [0.1, 0.15) is 20.3 Å². The highest BCUT2D eigenvalue weighted by atomic mass is 32.2. The van der Waals surface area contributed by atoms with E-state index in [4.69, 9.17) is 5.11 Å². The molecule has 0 radical (unpaired) electrons. The first-order valence-electron chi connectivity index (χ1n) is 4.49. The summed E-state index contributed by atoms with van der Waals surface area (Å²) in [4.78, 5) is 0. The molecular weight excluding hydrogens is 204 g/mol. The Hall–Kier alpha value is -0.170. The highest BCUT2D eigenvalue weighted by Crippen LogP contribution is 2.18. The van der Waals surface area contributed by atoms with Crippen molar-refractivity contribution in [1.29, 1.82) is 0 Å². The average molecular weight is 224 g/mol. The van der Waals surface area contributed by atoms with Gasteiger partial charge in [0, 0.05) is 27.2 Å². The summed E-state index contributed by atoms with van der Waals surface area (Å²) in [6.45, 7) is 4.20. The monoisotopic (exact) mass is 224 g/mol. The zero-order valence-electron chi connectivity index (χ0n) is 9.24. The Morgan fingerprint density at radius 3 is 2.21 bits per heavy atom. The van der Waals surface area contributed by atoms with Gasteiger partial charge in [-0.1, -0.05) is 13.8 Å². The Balaban J connectivity index is 4.19. The van der Waals surface area contributed by atoms with Crippen LogP contribution in [0, 0.1) is 5.41 Å². The summed E-state index contributed by atoms with van der Waals surface area (Å²) in [6.07, 6.45) is 0.572. The molecule has 0 rings (SSSR count). The molecule has 0 fully saturated rings. The molecule has 0 aliphatic rings. The quantitative estimate of drug-likeness (QED) is 0.656. The number of nitrogens with zero attached hydrogens (tertiary/aromatic N) is 1. The van der Waals surface area contributed by atoms with Gasteiger partial charge in [0.15, 0.2) is 0 Å². The van der Waals surface area contributed by atoms with E-state index in [1.54, 1.807) is 0 Å². The minimum Gasteiger partial charge on any atom is -0.396 e. The van der Waals surface area contributed by atoms with Crippen LogP contribution in [0.3, 0.4) is 0 Å². The summed E-state index contributed by atoms with van der Waals surface area (Å²) in [7, 11) is -0.401. The first-order chi connectivity index (χ1) is 6.21. The van der Waals surface area contributed by atoms with Gasteiger partial charge >= 0.3 is 0 Å². The fraction of sp³-hybridized carbons (Fsp3) is 1.00. The summed E-state index contributed by atoms with van der Waals surface area (Å²) in [5.41, 5.74) is -0.224. The summed E-state index contributed by atoms with van der Waals surface area (Å²) in [5.74, 6) is 0. The van der Waals surface area contributed by atoms with E-state index in [-0.39, 0.29) is 12.0 Å². The molecule has 6 heteroatoms. The van der Waals surface area contributed by atoms with Crippen molar-refractivity contribution in [3.63, 3.8) is 0 Å². The smallest absolute Gasteiger partial charge is 0.278 e. The van der Waals surface area contributed by atoms with Crippen molar-refractivity contribution in [3.8, 4) is 0 Å². The van der Waals surface area contributed by atoms with Gasteiger partial charge in [0.1, 0.15) is 0 Å². The predicted octanol–water partition coefficient (Wildman–Crippen LogP) is -0.209. The van der Waals surface area contributed by atoms with Gasteiger partial charge in [0.25, 0.3) is 10.2 Å². The van der Waals surface area contributed by atoms with Crippen LogP contribution in [0.25, 0.3) is 0 Å². The number of nitrogens with one attached hydrogen (secondary N) is 1. The van der Waals surface area contributed by atoms with Gasteiger partial charge in [-0.25, -0.2) is 4.72 Å². The fourth-order valence-electron chi connectivity index (χ4n) is 0.807. The van der Waals surface area contributed by atoms with Crippen molar-refractivity contribution in [3.05, 3.63) is 0 Å². The molecule has 5 nitrogen and oxygen atoms in total. The average Bonchev–Trinajstić information content (AvgIpc) is 2.01. The molecule has 0 saturated heterocycles. The molecule has 0 aromatic rings. The van der Waals surface area contributed by atoms with E-state index >= 15 is 0 Å². The van der Waals surface area contributed by atoms with Crippen LogP contribution in [0.15, 0.2) is 0 Å². The van der Waals surface area contributed by atoms with E-state index in [2.05, 4.69) is 4.72 Å². The molecule has 0 unspecified atom stereocenters. The van der Waals surface area contributed by atoms with Crippen LogP contribution in [0.4, 0.5) is 0 Å². The van der Waals surface area contributed by atoms with Crippen molar-refractivity contribution >= 4 is 10.2 Å². The van der Waals surface area contributed by atoms with Gasteiger partial charge in [-0.15, -0.1) is 0 Å². The summed E-state index contributed by atoms with van der Waals surface area (Å²) >= 11 is 0. The number of hydrogen-bond donors (Lipinski definition) is 2. The highest BCUT2D eigenvalue weighted by molar-refractivity contribution is 7.87. The van der Waals surface area contributed by atoms with E-state index in [1.165, 1.54) is 14.1 Å².